The average molecular weight is 389 g/mol. The summed E-state index contributed by atoms with van der Waals surface area (Å²) in [4.78, 5) is 0. The lowest BCUT2D eigenvalue weighted by Gasteiger charge is -2.14. The standard InChI is InChI=1S/C26H28O3/c1-28-24-17-16-23(26(20-24)29-19-18-27)14-8-9-15-25(21-10-4-2-5-11-21)22-12-6-3-7-13-22/h2-6,10,12-13,15-17,20,27H,7-9,14,18-19H2,1H3. The van der Waals surface area contributed by atoms with Gasteiger partial charge in [0.25, 0.3) is 0 Å². The van der Waals surface area contributed by atoms with Crippen molar-refractivity contribution in [3.8, 4) is 11.5 Å². The minimum Gasteiger partial charge on any atom is -0.497 e. The highest BCUT2D eigenvalue weighted by molar-refractivity contribution is 5.81. The molecule has 3 rings (SSSR count). The van der Waals surface area contributed by atoms with Crippen molar-refractivity contribution in [3.63, 3.8) is 0 Å². The molecule has 2 aromatic carbocycles. The normalized spacial score (nSPS) is 13.9. The van der Waals surface area contributed by atoms with Gasteiger partial charge >= 0.3 is 0 Å². The number of ether oxygens (including phenoxy) is 2. The fourth-order valence-corrected chi connectivity index (χ4v) is 3.35. The first-order valence-electron chi connectivity index (χ1n) is 10.1. The fraction of sp³-hybridized carbons (Fsp3) is 0.269. The second-order valence-electron chi connectivity index (χ2n) is 6.82. The molecule has 0 amide bonds. The number of allylic oxidation sites excluding steroid dienone is 6. The first-order valence-corrected chi connectivity index (χ1v) is 10.1. The van der Waals surface area contributed by atoms with Gasteiger partial charge in [-0.3, -0.25) is 0 Å². The van der Waals surface area contributed by atoms with Crippen LogP contribution in [0.2, 0.25) is 0 Å². The molecule has 0 spiro atoms. The molecule has 0 fully saturated rings. The molecule has 3 nitrogen and oxygen atoms in total. The summed E-state index contributed by atoms with van der Waals surface area (Å²) in [6.45, 7) is 0.280. The van der Waals surface area contributed by atoms with E-state index in [1.54, 1.807) is 7.11 Å². The number of methoxy groups -OCH3 is 1. The predicted octanol–water partition coefficient (Wildman–Crippen LogP) is 5.36. The smallest absolute Gasteiger partial charge is 0.126 e. The Morgan fingerprint density at radius 3 is 2.90 bits per heavy atom. The van der Waals surface area contributed by atoms with Crippen molar-refractivity contribution in [2.75, 3.05) is 20.3 Å². The number of aryl methyl sites for hydroxylation is 1. The number of benzene rings is 2. The quantitative estimate of drug-likeness (QED) is 0.557. The molecule has 0 bridgehead atoms. The molecule has 3 heteroatoms. The van der Waals surface area contributed by atoms with Crippen LogP contribution in [-0.2, 0) is 6.42 Å². The molecule has 29 heavy (non-hydrogen) atoms. The number of unbranched alkanes of at least 4 members (excludes halogenated alkanes) is 1. The van der Waals surface area contributed by atoms with Gasteiger partial charge in [0.05, 0.1) is 13.7 Å². The van der Waals surface area contributed by atoms with Gasteiger partial charge in [-0.25, -0.2) is 0 Å². The zero-order valence-corrected chi connectivity index (χ0v) is 16.9. The highest BCUT2D eigenvalue weighted by atomic mass is 16.5. The number of hydrogen-bond acceptors (Lipinski definition) is 3. The SMILES string of the molecule is COc1ccc(CCCC=C(C2=CC=CC[CH]2)c2[c]cccc2)c(OCCO)c1. The van der Waals surface area contributed by atoms with Crippen molar-refractivity contribution in [2.45, 2.75) is 25.7 Å². The second kappa shape index (κ2) is 11.3. The van der Waals surface area contributed by atoms with Gasteiger partial charge in [-0.2, -0.15) is 0 Å². The number of rotatable bonds is 10. The third kappa shape index (κ3) is 6.10. The summed E-state index contributed by atoms with van der Waals surface area (Å²) < 4.78 is 11.0. The molecule has 2 aromatic rings. The topological polar surface area (TPSA) is 38.7 Å². The largest absolute Gasteiger partial charge is 0.497 e. The van der Waals surface area contributed by atoms with Crippen LogP contribution >= 0.6 is 0 Å². The van der Waals surface area contributed by atoms with Gasteiger partial charge in [0.15, 0.2) is 0 Å². The summed E-state index contributed by atoms with van der Waals surface area (Å²) in [5.41, 5.74) is 4.75. The Hall–Kier alpha value is -2.78. The van der Waals surface area contributed by atoms with Gasteiger partial charge in [-0.1, -0.05) is 54.6 Å². The molecule has 1 N–H and O–H groups in total. The van der Waals surface area contributed by atoms with E-state index in [1.807, 2.05) is 30.3 Å². The Labute approximate surface area is 174 Å². The molecule has 0 heterocycles. The van der Waals surface area contributed by atoms with Crippen molar-refractivity contribution in [1.82, 2.24) is 0 Å². The van der Waals surface area contributed by atoms with E-state index in [0.717, 1.165) is 48.3 Å². The third-order valence-corrected chi connectivity index (χ3v) is 4.82. The Kier molecular flexibility index (Phi) is 8.14. The van der Waals surface area contributed by atoms with Gasteiger partial charge < -0.3 is 14.6 Å². The summed E-state index contributed by atoms with van der Waals surface area (Å²) in [5.74, 6) is 1.55. The van der Waals surface area contributed by atoms with E-state index in [1.165, 1.54) is 11.1 Å². The van der Waals surface area contributed by atoms with Gasteiger partial charge in [-0.15, -0.1) is 0 Å². The van der Waals surface area contributed by atoms with Crippen molar-refractivity contribution in [1.29, 1.82) is 0 Å². The zero-order valence-electron chi connectivity index (χ0n) is 16.9. The summed E-state index contributed by atoms with van der Waals surface area (Å²) in [6.07, 6.45) is 14.8. The highest BCUT2D eigenvalue weighted by Crippen LogP contribution is 2.30. The Morgan fingerprint density at radius 1 is 1.24 bits per heavy atom. The molecule has 0 saturated carbocycles. The van der Waals surface area contributed by atoms with Crippen LogP contribution in [0.4, 0.5) is 0 Å². The van der Waals surface area contributed by atoms with Crippen LogP contribution in [0.3, 0.4) is 0 Å². The van der Waals surface area contributed by atoms with Crippen LogP contribution in [-0.4, -0.2) is 25.4 Å². The first-order chi connectivity index (χ1) is 14.3. The van der Waals surface area contributed by atoms with Crippen molar-refractivity contribution in [3.05, 3.63) is 96.0 Å². The lowest BCUT2D eigenvalue weighted by atomic mass is 9.91. The average Bonchev–Trinajstić information content (AvgIpc) is 2.79. The lowest BCUT2D eigenvalue weighted by Crippen LogP contribution is -2.04. The molecule has 2 radical (unpaired) electrons. The molecular weight excluding hydrogens is 360 g/mol. The molecule has 0 aromatic heterocycles. The molecule has 0 aliphatic heterocycles. The van der Waals surface area contributed by atoms with Crippen LogP contribution in [0, 0.1) is 12.5 Å². The summed E-state index contributed by atoms with van der Waals surface area (Å²) in [5, 5.41) is 9.07. The Balaban J connectivity index is 1.70. The molecular formula is C26H28O3. The van der Waals surface area contributed by atoms with Crippen molar-refractivity contribution < 1.29 is 14.6 Å². The van der Waals surface area contributed by atoms with Gasteiger partial charge in [0, 0.05) is 6.07 Å². The van der Waals surface area contributed by atoms with Crippen molar-refractivity contribution >= 4 is 5.57 Å². The minimum absolute atomic E-state index is 0.00359. The molecule has 0 atom stereocenters. The molecule has 0 unspecified atom stereocenters. The van der Waals surface area contributed by atoms with E-state index in [2.05, 4.69) is 48.9 Å². The van der Waals surface area contributed by atoms with E-state index in [4.69, 9.17) is 14.6 Å². The van der Waals surface area contributed by atoms with Crippen LogP contribution in [0.1, 0.15) is 30.4 Å². The summed E-state index contributed by atoms with van der Waals surface area (Å²) in [7, 11) is 1.64. The van der Waals surface area contributed by atoms with E-state index in [0.29, 0.717) is 0 Å². The monoisotopic (exact) mass is 388 g/mol. The van der Waals surface area contributed by atoms with Gasteiger partial charge in [0.1, 0.15) is 18.1 Å². The van der Waals surface area contributed by atoms with E-state index in [9.17, 15) is 0 Å². The number of aliphatic hydroxyl groups excluding tert-OH is 1. The van der Waals surface area contributed by atoms with Gasteiger partial charge in [0.2, 0.25) is 0 Å². The zero-order chi connectivity index (χ0) is 20.3. The first kappa shape index (κ1) is 20.9. The van der Waals surface area contributed by atoms with E-state index < -0.39 is 0 Å². The Morgan fingerprint density at radius 2 is 2.17 bits per heavy atom. The maximum atomic E-state index is 9.07. The summed E-state index contributed by atoms with van der Waals surface area (Å²) >= 11 is 0. The molecule has 1 aliphatic carbocycles. The molecule has 150 valence electrons. The number of aliphatic hydroxyl groups is 1. The predicted molar refractivity (Wildman–Crippen MR) is 118 cm³/mol. The van der Waals surface area contributed by atoms with E-state index >= 15 is 0 Å². The van der Waals surface area contributed by atoms with Crippen LogP contribution < -0.4 is 9.47 Å². The lowest BCUT2D eigenvalue weighted by molar-refractivity contribution is 0.200. The maximum absolute atomic E-state index is 9.07. The van der Waals surface area contributed by atoms with Crippen LogP contribution in [0.25, 0.3) is 5.57 Å². The molecule has 0 saturated heterocycles. The summed E-state index contributed by atoms with van der Waals surface area (Å²) in [6, 6.07) is 17.4. The number of hydrogen-bond donors (Lipinski definition) is 1. The minimum atomic E-state index is -0.00359. The maximum Gasteiger partial charge on any atom is 0.126 e. The fourth-order valence-electron chi connectivity index (χ4n) is 3.35. The highest BCUT2D eigenvalue weighted by Gasteiger charge is 2.10. The third-order valence-electron chi connectivity index (χ3n) is 4.82. The molecule has 1 aliphatic rings. The van der Waals surface area contributed by atoms with Crippen LogP contribution in [0.5, 0.6) is 11.5 Å². The van der Waals surface area contributed by atoms with Gasteiger partial charge in [-0.05, 0) is 66.5 Å². The second-order valence-corrected chi connectivity index (χ2v) is 6.82. The van der Waals surface area contributed by atoms with Crippen LogP contribution in [0.15, 0.2) is 72.3 Å². The van der Waals surface area contributed by atoms with E-state index in [-0.39, 0.29) is 13.2 Å². The van der Waals surface area contributed by atoms with Crippen molar-refractivity contribution in [2.24, 2.45) is 0 Å². The Bertz CT molecular complexity index is 863.